The molecule has 0 unspecified atom stereocenters. The monoisotopic (exact) mass is 260 g/mol. The highest BCUT2D eigenvalue weighted by atomic mass is 79.9. The van der Waals surface area contributed by atoms with Crippen LogP contribution >= 0.6 is 15.9 Å². The highest BCUT2D eigenvalue weighted by Crippen LogP contribution is 2.20. The average molecular weight is 261 g/mol. The summed E-state index contributed by atoms with van der Waals surface area (Å²) in [5.74, 6) is -0.927. The summed E-state index contributed by atoms with van der Waals surface area (Å²) in [7, 11) is 1.22. The van der Waals surface area contributed by atoms with E-state index in [1.165, 1.54) is 7.11 Å². The largest absolute Gasteiger partial charge is 0.465 e. The Morgan fingerprint density at radius 3 is 2.79 bits per heavy atom. The lowest BCUT2D eigenvalue weighted by molar-refractivity contribution is -0.389. The van der Waals surface area contributed by atoms with E-state index in [0.717, 1.165) is 12.3 Å². The number of methoxy groups -OCH3 is 1. The Morgan fingerprint density at radius 2 is 2.36 bits per heavy atom. The van der Waals surface area contributed by atoms with Gasteiger partial charge in [0.15, 0.2) is 6.20 Å². The van der Waals surface area contributed by atoms with E-state index in [1.54, 1.807) is 0 Å². The minimum Gasteiger partial charge on any atom is -0.465 e. The first kappa shape index (κ1) is 10.6. The van der Waals surface area contributed by atoms with E-state index in [4.69, 9.17) is 0 Å². The molecule has 74 valence electrons. The molecule has 0 radical (unpaired) electrons. The molecule has 0 aliphatic carbocycles. The van der Waals surface area contributed by atoms with E-state index in [9.17, 15) is 14.9 Å². The summed E-state index contributed by atoms with van der Waals surface area (Å²) in [5, 5.41) is 10.3. The van der Waals surface area contributed by atoms with E-state index < -0.39 is 10.9 Å². The van der Waals surface area contributed by atoms with Crippen molar-refractivity contribution < 1.29 is 14.5 Å². The molecule has 7 heteroatoms. The molecule has 6 nitrogen and oxygen atoms in total. The molecule has 1 aromatic rings. The van der Waals surface area contributed by atoms with Crippen molar-refractivity contribution in [2.75, 3.05) is 7.11 Å². The first-order valence-corrected chi connectivity index (χ1v) is 4.24. The van der Waals surface area contributed by atoms with Gasteiger partial charge in [-0.15, -0.1) is 0 Å². The molecule has 0 aromatic carbocycles. The van der Waals surface area contributed by atoms with Crippen molar-refractivity contribution in [3.8, 4) is 0 Å². The average Bonchev–Trinajstić information content (AvgIpc) is 2.16. The van der Waals surface area contributed by atoms with Gasteiger partial charge in [-0.2, -0.15) is 0 Å². The zero-order valence-electron chi connectivity index (χ0n) is 7.06. The van der Waals surface area contributed by atoms with Crippen LogP contribution in [-0.4, -0.2) is 23.0 Å². The van der Waals surface area contributed by atoms with Crippen LogP contribution in [0.3, 0.4) is 0 Å². The highest BCUT2D eigenvalue weighted by molar-refractivity contribution is 9.10. The quantitative estimate of drug-likeness (QED) is 0.458. The number of halogens is 1. The number of carbonyl (C=O) groups is 1. The van der Waals surface area contributed by atoms with E-state index in [-0.39, 0.29) is 15.9 Å². The summed E-state index contributed by atoms with van der Waals surface area (Å²) in [6, 6.07) is 1.15. The number of nitro groups is 1. The maximum atomic E-state index is 11.1. The van der Waals surface area contributed by atoms with Crippen molar-refractivity contribution in [1.29, 1.82) is 0 Å². The van der Waals surface area contributed by atoms with Crippen molar-refractivity contribution in [3.63, 3.8) is 0 Å². The molecule has 1 rings (SSSR count). The van der Waals surface area contributed by atoms with Gasteiger partial charge in [0.2, 0.25) is 0 Å². The molecule has 0 saturated carbocycles. The zero-order chi connectivity index (χ0) is 10.7. The van der Waals surface area contributed by atoms with Crippen LogP contribution < -0.4 is 0 Å². The molecule has 0 aliphatic heterocycles. The van der Waals surface area contributed by atoms with E-state index in [0.29, 0.717) is 0 Å². The predicted molar refractivity (Wildman–Crippen MR) is 49.9 cm³/mol. The third-order valence-corrected chi connectivity index (χ3v) is 2.09. The lowest BCUT2D eigenvalue weighted by Crippen LogP contribution is -2.04. The van der Waals surface area contributed by atoms with Crippen molar-refractivity contribution in [3.05, 3.63) is 32.4 Å². The summed E-state index contributed by atoms with van der Waals surface area (Å²) >= 11 is 3.01. The lowest BCUT2D eigenvalue weighted by atomic mass is 10.3. The summed E-state index contributed by atoms with van der Waals surface area (Å²) in [4.78, 5) is 24.2. The van der Waals surface area contributed by atoms with Crippen LogP contribution in [0.25, 0.3) is 0 Å². The maximum Gasteiger partial charge on any atom is 0.364 e. The minimum absolute atomic E-state index is 0.151. The minimum atomic E-state index is -0.647. The molecule has 0 saturated heterocycles. The Morgan fingerprint density at radius 1 is 1.71 bits per heavy atom. The Hall–Kier alpha value is -1.50. The van der Waals surface area contributed by atoms with Gasteiger partial charge < -0.3 is 14.9 Å². The van der Waals surface area contributed by atoms with Crippen LogP contribution in [0.1, 0.15) is 10.4 Å². The molecule has 1 heterocycles. The van der Waals surface area contributed by atoms with Crippen molar-refractivity contribution in [1.82, 2.24) is 4.98 Å². The third-order valence-electron chi connectivity index (χ3n) is 1.43. The second-order valence-electron chi connectivity index (χ2n) is 2.27. The molecule has 0 fully saturated rings. The van der Waals surface area contributed by atoms with Crippen molar-refractivity contribution in [2.24, 2.45) is 0 Å². The van der Waals surface area contributed by atoms with E-state index in [2.05, 4.69) is 25.7 Å². The predicted octanol–water partition coefficient (Wildman–Crippen LogP) is 1.54. The van der Waals surface area contributed by atoms with Gasteiger partial charge >= 0.3 is 11.8 Å². The van der Waals surface area contributed by atoms with Gasteiger partial charge in [0.25, 0.3) is 0 Å². The fourth-order valence-corrected chi connectivity index (χ4v) is 1.25. The summed E-state index contributed by atoms with van der Waals surface area (Å²) in [5.41, 5.74) is 0.151. The molecule has 0 atom stereocenters. The van der Waals surface area contributed by atoms with Gasteiger partial charge in [-0.3, -0.25) is 0 Å². The molecular weight excluding hydrogens is 256 g/mol. The smallest absolute Gasteiger partial charge is 0.364 e. The summed E-state index contributed by atoms with van der Waals surface area (Å²) < 4.78 is 4.72. The molecule has 0 aliphatic rings. The number of carbonyl (C=O) groups excluding carboxylic acids is 1. The van der Waals surface area contributed by atoms with Crippen LogP contribution in [0.15, 0.2) is 16.7 Å². The molecule has 0 amide bonds. The Bertz CT molecular complexity index is 393. The van der Waals surface area contributed by atoms with Crippen LogP contribution in [0.4, 0.5) is 5.82 Å². The van der Waals surface area contributed by atoms with Gasteiger partial charge in [0.1, 0.15) is 5.56 Å². The molecule has 0 N–H and O–H groups in total. The number of ether oxygens (including phenoxy) is 1. The van der Waals surface area contributed by atoms with Gasteiger partial charge in [-0.1, -0.05) is 0 Å². The summed E-state index contributed by atoms with van der Waals surface area (Å²) in [6.07, 6.45) is 1.09. The topological polar surface area (TPSA) is 82.3 Å². The van der Waals surface area contributed by atoms with E-state index >= 15 is 0 Å². The van der Waals surface area contributed by atoms with Crippen LogP contribution in [0, 0.1) is 10.1 Å². The fraction of sp³-hybridized carbons (Fsp3) is 0.143. The number of hydrogen-bond acceptors (Lipinski definition) is 5. The highest BCUT2D eigenvalue weighted by Gasteiger charge is 2.17. The van der Waals surface area contributed by atoms with Gasteiger partial charge in [0, 0.05) is 4.47 Å². The van der Waals surface area contributed by atoms with Crippen LogP contribution in [0.5, 0.6) is 0 Å². The number of aromatic nitrogens is 1. The van der Waals surface area contributed by atoms with Gasteiger partial charge in [-0.05, 0) is 25.8 Å². The number of pyridine rings is 1. The fourth-order valence-electron chi connectivity index (χ4n) is 0.781. The standard InChI is InChI=1S/C7H5BrN2O4/c1-14-7(11)4-3-9-6(10(12)13)2-5(4)8/h2-3H,1H3. The van der Waals surface area contributed by atoms with Gasteiger partial charge in [0.05, 0.1) is 13.2 Å². The molecular formula is C7H5BrN2O4. The molecule has 14 heavy (non-hydrogen) atoms. The summed E-state index contributed by atoms with van der Waals surface area (Å²) in [6.45, 7) is 0. The number of esters is 1. The van der Waals surface area contributed by atoms with Crippen molar-refractivity contribution in [2.45, 2.75) is 0 Å². The number of nitrogens with zero attached hydrogens (tertiary/aromatic N) is 2. The van der Waals surface area contributed by atoms with Crippen LogP contribution in [0.2, 0.25) is 0 Å². The van der Waals surface area contributed by atoms with Crippen LogP contribution in [-0.2, 0) is 4.74 Å². The second-order valence-corrected chi connectivity index (χ2v) is 3.13. The van der Waals surface area contributed by atoms with E-state index in [1.807, 2.05) is 0 Å². The molecule has 0 spiro atoms. The first-order valence-electron chi connectivity index (χ1n) is 3.44. The first-order chi connectivity index (χ1) is 6.56. The normalized spacial score (nSPS) is 9.57. The van der Waals surface area contributed by atoms with Gasteiger partial charge in [-0.25, -0.2) is 4.79 Å². The SMILES string of the molecule is COC(=O)c1cnc([N+](=O)[O-])cc1Br. The third kappa shape index (κ3) is 2.05. The Labute approximate surface area is 87.2 Å². The lowest BCUT2D eigenvalue weighted by Gasteiger charge is -1.99. The Kier molecular flexibility index (Phi) is 3.13. The molecule has 0 bridgehead atoms. The second kappa shape index (κ2) is 4.14. The Balaban J connectivity index is 3.14. The maximum absolute atomic E-state index is 11.1. The molecule has 1 aromatic heterocycles. The zero-order valence-corrected chi connectivity index (χ0v) is 8.65. The number of hydrogen-bond donors (Lipinski definition) is 0. The van der Waals surface area contributed by atoms with Crippen molar-refractivity contribution >= 4 is 27.7 Å². The number of rotatable bonds is 2.